The minimum Gasteiger partial charge on any atom is -0.397 e. The monoisotopic (exact) mass is 257 g/mol. The molecule has 1 aromatic heterocycles. The molecular weight excluding hydrogens is 242 g/mol. The van der Waals surface area contributed by atoms with Gasteiger partial charge in [-0.05, 0) is 36.6 Å². The minimum absolute atomic E-state index is 0.305. The van der Waals surface area contributed by atoms with Gasteiger partial charge in [-0.3, -0.25) is 0 Å². The SMILES string of the molecule is CC(Cc1cccs1)Nc1ccc(C#N)cc1N. The summed E-state index contributed by atoms with van der Waals surface area (Å²) in [6.45, 7) is 2.12. The number of hydrogen-bond acceptors (Lipinski definition) is 4. The van der Waals surface area contributed by atoms with Gasteiger partial charge in [-0.2, -0.15) is 5.26 Å². The first-order chi connectivity index (χ1) is 8.69. The molecule has 1 heterocycles. The number of thiophene rings is 1. The van der Waals surface area contributed by atoms with Crippen LogP contribution in [0.1, 0.15) is 17.4 Å². The number of nitriles is 1. The summed E-state index contributed by atoms with van der Waals surface area (Å²) < 4.78 is 0. The molecule has 1 aromatic carbocycles. The van der Waals surface area contributed by atoms with E-state index >= 15 is 0 Å². The molecule has 1 atom stereocenters. The largest absolute Gasteiger partial charge is 0.397 e. The molecule has 0 spiro atoms. The van der Waals surface area contributed by atoms with Gasteiger partial charge in [-0.25, -0.2) is 0 Å². The molecule has 4 heteroatoms. The fourth-order valence-electron chi connectivity index (χ4n) is 1.81. The molecule has 0 radical (unpaired) electrons. The Morgan fingerprint density at radius 1 is 1.44 bits per heavy atom. The van der Waals surface area contributed by atoms with Crippen LogP contribution in [0.15, 0.2) is 35.7 Å². The molecule has 0 aliphatic heterocycles. The molecule has 2 aromatic rings. The summed E-state index contributed by atoms with van der Waals surface area (Å²) in [4.78, 5) is 1.35. The average Bonchev–Trinajstić information content (AvgIpc) is 2.84. The second-order valence-electron chi connectivity index (χ2n) is 4.24. The van der Waals surface area contributed by atoms with Crippen molar-refractivity contribution in [3.63, 3.8) is 0 Å². The Morgan fingerprint density at radius 2 is 2.28 bits per heavy atom. The van der Waals surface area contributed by atoms with E-state index in [2.05, 4.69) is 35.8 Å². The molecule has 1 unspecified atom stereocenters. The fourth-order valence-corrected chi connectivity index (χ4v) is 2.65. The first-order valence-electron chi connectivity index (χ1n) is 5.77. The molecule has 0 saturated heterocycles. The lowest BCUT2D eigenvalue weighted by Crippen LogP contribution is -2.18. The van der Waals surface area contributed by atoms with E-state index in [1.807, 2.05) is 6.07 Å². The van der Waals surface area contributed by atoms with Gasteiger partial charge in [0.1, 0.15) is 0 Å². The molecule has 0 aliphatic rings. The Labute approximate surface area is 111 Å². The van der Waals surface area contributed by atoms with E-state index in [0.29, 0.717) is 17.3 Å². The first kappa shape index (κ1) is 12.5. The summed E-state index contributed by atoms with van der Waals surface area (Å²) in [6, 6.07) is 11.9. The second-order valence-corrected chi connectivity index (χ2v) is 5.27. The molecule has 3 N–H and O–H groups in total. The van der Waals surface area contributed by atoms with Crippen molar-refractivity contribution >= 4 is 22.7 Å². The molecule has 3 nitrogen and oxygen atoms in total. The molecular formula is C14H15N3S. The highest BCUT2D eigenvalue weighted by atomic mass is 32.1. The summed E-state index contributed by atoms with van der Waals surface area (Å²) in [5.41, 5.74) is 8.00. The van der Waals surface area contributed by atoms with Gasteiger partial charge in [0.05, 0.1) is 23.0 Å². The predicted octanol–water partition coefficient (Wildman–Crippen LogP) is 3.25. The standard InChI is InChI=1S/C14H15N3S/c1-10(7-12-3-2-6-18-12)17-14-5-4-11(9-15)8-13(14)16/h2-6,8,10,17H,7,16H2,1H3. The van der Waals surface area contributed by atoms with Crippen LogP contribution in [0.25, 0.3) is 0 Å². The second kappa shape index (κ2) is 5.56. The zero-order valence-corrected chi connectivity index (χ0v) is 11.0. The third-order valence-electron chi connectivity index (χ3n) is 2.67. The highest BCUT2D eigenvalue weighted by Gasteiger charge is 2.07. The topological polar surface area (TPSA) is 61.8 Å². The third kappa shape index (κ3) is 3.02. The maximum absolute atomic E-state index is 8.78. The number of anilines is 2. The van der Waals surface area contributed by atoms with Crippen LogP contribution in [-0.4, -0.2) is 6.04 Å². The molecule has 0 bridgehead atoms. The summed E-state index contributed by atoms with van der Waals surface area (Å²) >= 11 is 1.76. The quantitative estimate of drug-likeness (QED) is 0.826. The van der Waals surface area contributed by atoms with Gasteiger partial charge >= 0.3 is 0 Å². The third-order valence-corrected chi connectivity index (χ3v) is 3.57. The van der Waals surface area contributed by atoms with Gasteiger partial charge in [0.15, 0.2) is 0 Å². The van der Waals surface area contributed by atoms with Crippen molar-refractivity contribution in [1.29, 1.82) is 5.26 Å². The maximum atomic E-state index is 8.78. The van der Waals surface area contributed by atoms with Crippen LogP contribution in [0.3, 0.4) is 0 Å². The van der Waals surface area contributed by atoms with E-state index in [1.54, 1.807) is 23.5 Å². The van der Waals surface area contributed by atoms with Crippen molar-refractivity contribution in [3.8, 4) is 6.07 Å². The lowest BCUT2D eigenvalue weighted by Gasteiger charge is -2.16. The molecule has 0 aliphatic carbocycles. The Kier molecular flexibility index (Phi) is 3.85. The fraction of sp³-hybridized carbons (Fsp3) is 0.214. The van der Waals surface area contributed by atoms with Crippen molar-refractivity contribution in [3.05, 3.63) is 46.2 Å². The van der Waals surface area contributed by atoms with Crippen molar-refractivity contribution in [2.45, 2.75) is 19.4 Å². The van der Waals surface area contributed by atoms with Gasteiger partial charge in [-0.15, -0.1) is 11.3 Å². The van der Waals surface area contributed by atoms with E-state index in [9.17, 15) is 0 Å². The molecule has 92 valence electrons. The summed E-state index contributed by atoms with van der Waals surface area (Å²) in [7, 11) is 0. The highest BCUT2D eigenvalue weighted by molar-refractivity contribution is 7.09. The molecule has 0 saturated carbocycles. The van der Waals surface area contributed by atoms with Crippen LogP contribution < -0.4 is 11.1 Å². The molecule has 18 heavy (non-hydrogen) atoms. The Balaban J connectivity index is 2.03. The summed E-state index contributed by atoms with van der Waals surface area (Å²) in [5, 5.41) is 14.2. The van der Waals surface area contributed by atoms with E-state index in [4.69, 9.17) is 11.0 Å². The number of nitrogens with one attached hydrogen (secondary N) is 1. The van der Waals surface area contributed by atoms with Crippen molar-refractivity contribution < 1.29 is 0 Å². The zero-order chi connectivity index (χ0) is 13.0. The van der Waals surface area contributed by atoms with Gasteiger partial charge in [0.25, 0.3) is 0 Å². The van der Waals surface area contributed by atoms with Crippen LogP contribution >= 0.6 is 11.3 Å². The van der Waals surface area contributed by atoms with Crippen LogP contribution in [0.5, 0.6) is 0 Å². The number of hydrogen-bond donors (Lipinski definition) is 2. The number of benzene rings is 1. The first-order valence-corrected chi connectivity index (χ1v) is 6.65. The zero-order valence-electron chi connectivity index (χ0n) is 10.2. The van der Waals surface area contributed by atoms with Crippen molar-refractivity contribution in [2.75, 3.05) is 11.1 Å². The number of nitrogens with zero attached hydrogens (tertiary/aromatic N) is 1. The van der Waals surface area contributed by atoms with Crippen molar-refractivity contribution in [1.82, 2.24) is 0 Å². The normalized spacial score (nSPS) is 11.8. The lowest BCUT2D eigenvalue weighted by atomic mass is 10.1. The summed E-state index contributed by atoms with van der Waals surface area (Å²) in [6.07, 6.45) is 0.969. The van der Waals surface area contributed by atoms with E-state index in [1.165, 1.54) is 4.88 Å². The van der Waals surface area contributed by atoms with E-state index < -0.39 is 0 Å². The van der Waals surface area contributed by atoms with E-state index in [-0.39, 0.29) is 0 Å². The minimum atomic E-state index is 0.305. The molecule has 0 fully saturated rings. The summed E-state index contributed by atoms with van der Waals surface area (Å²) in [5.74, 6) is 0. The molecule has 0 amide bonds. The van der Waals surface area contributed by atoms with Gasteiger partial charge in [0, 0.05) is 17.3 Å². The van der Waals surface area contributed by atoms with Crippen LogP contribution in [0.4, 0.5) is 11.4 Å². The predicted molar refractivity (Wildman–Crippen MR) is 76.7 cm³/mol. The van der Waals surface area contributed by atoms with E-state index in [0.717, 1.165) is 12.1 Å². The van der Waals surface area contributed by atoms with Crippen molar-refractivity contribution in [2.24, 2.45) is 0 Å². The molecule has 2 rings (SSSR count). The number of rotatable bonds is 4. The van der Waals surface area contributed by atoms with Crippen LogP contribution in [-0.2, 0) is 6.42 Å². The van der Waals surface area contributed by atoms with Gasteiger partial charge in [0.2, 0.25) is 0 Å². The lowest BCUT2D eigenvalue weighted by molar-refractivity contribution is 0.801. The Hall–Kier alpha value is -1.99. The number of nitrogen functional groups attached to an aromatic ring is 1. The smallest absolute Gasteiger partial charge is 0.0992 e. The van der Waals surface area contributed by atoms with Gasteiger partial charge in [-0.1, -0.05) is 6.07 Å². The van der Waals surface area contributed by atoms with Crippen LogP contribution in [0.2, 0.25) is 0 Å². The highest BCUT2D eigenvalue weighted by Crippen LogP contribution is 2.21. The Bertz CT molecular complexity index is 555. The van der Waals surface area contributed by atoms with Crippen LogP contribution in [0, 0.1) is 11.3 Å². The maximum Gasteiger partial charge on any atom is 0.0992 e. The number of nitrogens with two attached hydrogens (primary N) is 1. The van der Waals surface area contributed by atoms with Gasteiger partial charge < -0.3 is 11.1 Å². The Morgan fingerprint density at radius 3 is 2.89 bits per heavy atom. The average molecular weight is 257 g/mol.